The molecule has 1 saturated heterocycles. The molecule has 0 saturated carbocycles. The predicted molar refractivity (Wildman–Crippen MR) is 98.9 cm³/mol. The van der Waals surface area contributed by atoms with Gasteiger partial charge in [0.1, 0.15) is 12.6 Å². The van der Waals surface area contributed by atoms with Crippen molar-refractivity contribution in [2.75, 3.05) is 13.2 Å². The molecule has 2 aromatic carbocycles. The van der Waals surface area contributed by atoms with Crippen molar-refractivity contribution in [3.63, 3.8) is 0 Å². The highest BCUT2D eigenvalue weighted by Crippen LogP contribution is 2.44. The molecular weight excluding hydrogens is 328 g/mol. The third-order valence-corrected chi connectivity index (χ3v) is 5.17. The molecule has 2 aliphatic rings. The first-order valence-electron chi connectivity index (χ1n) is 9.13. The maximum absolute atomic E-state index is 12.2. The normalized spacial score (nSPS) is 19.1. The van der Waals surface area contributed by atoms with Crippen LogP contribution in [0.3, 0.4) is 0 Å². The maximum atomic E-state index is 12.2. The van der Waals surface area contributed by atoms with Crippen molar-refractivity contribution in [2.45, 2.75) is 31.2 Å². The van der Waals surface area contributed by atoms with E-state index in [4.69, 9.17) is 4.74 Å². The molecule has 4 rings (SSSR count). The van der Waals surface area contributed by atoms with Crippen LogP contribution in [0.15, 0.2) is 48.5 Å². The van der Waals surface area contributed by atoms with Gasteiger partial charge < -0.3 is 15.4 Å². The molecule has 134 valence electrons. The van der Waals surface area contributed by atoms with Gasteiger partial charge in [-0.25, -0.2) is 4.79 Å². The summed E-state index contributed by atoms with van der Waals surface area (Å²) in [5.74, 6) is -0.105. The number of ether oxygens (including phenoxy) is 1. The number of amides is 2. The van der Waals surface area contributed by atoms with Gasteiger partial charge in [-0.3, -0.25) is 4.79 Å². The predicted octanol–water partition coefficient (Wildman–Crippen LogP) is 3.19. The number of carbonyl (C=O) groups is 2. The fraction of sp³-hybridized carbons (Fsp3) is 0.333. The lowest BCUT2D eigenvalue weighted by atomic mass is 9.98. The zero-order chi connectivity index (χ0) is 17.9. The second kappa shape index (κ2) is 7.20. The van der Waals surface area contributed by atoms with E-state index in [2.05, 4.69) is 34.9 Å². The lowest BCUT2D eigenvalue weighted by Crippen LogP contribution is -2.45. The Balaban J connectivity index is 1.44. The van der Waals surface area contributed by atoms with Gasteiger partial charge in [0.2, 0.25) is 5.91 Å². The molecule has 2 amide bonds. The van der Waals surface area contributed by atoms with Gasteiger partial charge in [0.25, 0.3) is 0 Å². The number of carbonyl (C=O) groups excluding carboxylic acids is 2. The van der Waals surface area contributed by atoms with E-state index in [0.29, 0.717) is 13.0 Å². The number of nitrogens with one attached hydrogen (secondary N) is 2. The summed E-state index contributed by atoms with van der Waals surface area (Å²) in [4.78, 5) is 24.2. The topological polar surface area (TPSA) is 67.4 Å². The van der Waals surface area contributed by atoms with E-state index < -0.39 is 12.1 Å². The first kappa shape index (κ1) is 16.6. The van der Waals surface area contributed by atoms with Crippen molar-refractivity contribution < 1.29 is 14.3 Å². The molecule has 1 aliphatic heterocycles. The van der Waals surface area contributed by atoms with Crippen LogP contribution in [0, 0.1) is 0 Å². The van der Waals surface area contributed by atoms with Gasteiger partial charge in [-0.1, -0.05) is 48.5 Å². The van der Waals surface area contributed by atoms with E-state index >= 15 is 0 Å². The molecule has 0 aromatic heterocycles. The molecule has 2 N–H and O–H groups in total. The van der Waals surface area contributed by atoms with E-state index in [0.717, 1.165) is 12.8 Å². The maximum Gasteiger partial charge on any atom is 0.407 e. The molecule has 0 radical (unpaired) electrons. The smallest absolute Gasteiger partial charge is 0.407 e. The minimum atomic E-state index is -0.533. The highest BCUT2D eigenvalue weighted by Gasteiger charge is 2.29. The van der Waals surface area contributed by atoms with Crippen LogP contribution in [-0.2, 0) is 9.53 Å². The number of alkyl carbamates (subject to hydrolysis) is 1. The second-order valence-electron chi connectivity index (χ2n) is 6.81. The Labute approximate surface area is 152 Å². The Bertz CT molecular complexity index is 788. The van der Waals surface area contributed by atoms with Crippen LogP contribution in [-0.4, -0.2) is 31.2 Å². The third-order valence-electron chi connectivity index (χ3n) is 5.17. The summed E-state index contributed by atoms with van der Waals surface area (Å²) in [5.41, 5.74) is 4.74. The number of fused-ring (bicyclic) bond motifs is 3. The fourth-order valence-corrected chi connectivity index (χ4v) is 3.86. The van der Waals surface area contributed by atoms with E-state index in [1.807, 2.05) is 24.3 Å². The van der Waals surface area contributed by atoms with Crippen molar-refractivity contribution in [3.05, 3.63) is 59.7 Å². The Hall–Kier alpha value is -2.82. The Morgan fingerprint density at radius 2 is 1.69 bits per heavy atom. The van der Waals surface area contributed by atoms with Gasteiger partial charge in [0, 0.05) is 12.5 Å². The zero-order valence-corrected chi connectivity index (χ0v) is 14.5. The van der Waals surface area contributed by atoms with Crippen molar-refractivity contribution in [2.24, 2.45) is 0 Å². The summed E-state index contributed by atoms with van der Waals surface area (Å²) in [6.45, 7) is 0.926. The van der Waals surface area contributed by atoms with Crippen molar-refractivity contribution in [3.8, 4) is 11.1 Å². The van der Waals surface area contributed by atoms with Crippen LogP contribution in [0.4, 0.5) is 4.79 Å². The molecule has 1 fully saturated rings. The lowest BCUT2D eigenvalue weighted by Gasteiger charge is -2.17. The van der Waals surface area contributed by atoms with Crippen molar-refractivity contribution >= 4 is 12.0 Å². The number of rotatable bonds is 3. The minimum Gasteiger partial charge on any atom is -0.449 e. The highest BCUT2D eigenvalue weighted by atomic mass is 16.5. The second-order valence-corrected chi connectivity index (χ2v) is 6.81. The Morgan fingerprint density at radius 3 is 2.38 bits per heavy atom. The van der Waals surface area contributed by atoms with Crippen LogP contribution in [0.5, 0.6) is 0 Å². The molecule has 0 unspecified atom stereocenters. The van der Waals surface area contributed by atoms with E-state index in [1.54, 1.807) is 0 Å². The number of hydrogen-bond acceptors (Lipinski definition) is 3. The van der Waals surface area contributed by atoms with Gasteiger partial charge in [0.05, 0.1) is 0 Å². The molecule has 26 heavy (non-hydrogen) atoms. The van der Waals surface area contributed by atoms with Gasteiger partial charge in [-0.15, -0.1) is 0 Å². The van der Waals surface area contributed by atoms with E-state index in [-0.39, 0.29) is 18.4 Å². The van der Waals surface area contributed by atoms with Crippen LogP contribution < -0.4 is 10.6 Å². The average Bonchev–Trinajstić information content (AvgIpc) is 2.84. The monoisotopic (exact) mass is 350 g/mol. The van der Waals surface area contributed by atoms with Gasteiger partial charge in [-0.05, 0) is 41.5 Å². The molecule has 5 nitrogen and oxygen atoms in total. The Kier molecular flexibility index (Phi) is 4.61. The molecule has 5 heteroatoms. The van der Waals surface area contributed by atoms with E-state index in [1.165, 1.54) is 22.3 Å². The lowest BCUT2D eigenvalue weighted by molar-refractivity contribution is -0.122. The van der Waals surface area contributed by atoms with Crippen LogP contribution in [0.1, 0.15) is 36.3 Å². The molecule has 1 heterocycles. The van der Waals surface area contributed by atoms with E-state index in [9.17, 15) is 9.59 Å². The summed E-state index contributed by atoms with van der Waals surface area (Å²) >= 11 is 0. The first-order valence-corrected chi connectivity index (χ1v) is 9.13. The van der Waals surface area contributed by atoms with Gasteiger partial charge in [-0.2, -0.15) is 0 Å². The highest BCUT2D eigenvalue weighted by molar-refractivity contribution is 5.85. The zero-order valence-electron chi connectivity index (χ0n) is 14.5. The van der Waals surface area contributed by atoms with Crippen LogP contribution in [0.25, 0.3) is 11.1 Å². The van der Waals surface area contributed by atoms with Gasteiger partial charge >= 0.3 is 6.09 Å². The average molecular weight is 350 g/mol. The molecule has 2 aromatic rings. The summed E-state index contributed by atoms with van der Waals surface area (Å²) in [5, 5.41) is 5.52. The summed E-state index contributed by atoms with van der Waals surface area (Å²) in [6, 6.07) is 15.9. The fourth-order valence-electron chi connectivity index (χ4n) is 3.86. The minimum absolute atomic E-state index is 0.0242. The number of hydrogen-bond donors (Lipinski definition) is 2. The molecule has 0 bridgehead atoms. The summed E-state index contributed by atoms with van der Waals surface area (Å²) in [6.07, 6.45) is 1.96. The van der Waals surface area contributed by atoms with Crippen molar-refractivity contribution in [1.82, 2.24) is 10.6 Å². The molecule has 1 aliphatic carbocycles. The largest absolute Gasteiger partial charge is 0.449 e. The number of benzene rings is 2. The quantitative estimate of drug-likeness (QED) is 0.893. The van der Waals surface area contributed by atoms with Gasteiger partial charge in [0.15, 0.2) is 0 Å². The SMILES string of the molecule is O=C(N[C@H]1CCCCNC1=O)OCC1c2ccccc2-c2ccccc21. The van der Waals surface area contributed by atoms with Crippen LogP contribution in [0.2, 0.25) is 0 Å². The summed E-state index contributed by atoms with van der Waals surface area (Å²) < 4.78 is 5.50. The molecule has 0 spiro atoms. The van der Waals surface area contributed by atoms with Crippen LogP contribution >= 0.6 is 0 Å². The summed E-state index contributed by atoms with van der Waals surface area (Å²) in [7, 11) is 0. The first-order chi connectivity index (χ1) is 12.7. The standard InChI is InChI=1S/C21H22N2O3/c24-20-19(11-5-6-12-22-20)23-21(25)26-13-18-16-9-3-1-7-14(16)15-8-2-4-10-17(15)18/h1-4,7-10,18-19H,5-6,11-13H2,(H,22,24)(H,23,25)/t19-/m0/s1. The molecule has 1 atom stereocenters. The molecular formula is C21H22N2O3. The third kappa shape index (κ3) is 3.17. The Morgan fingerprint density at radius 1 is 1.04 bits per heavy atom. The van der Waals surface area contributed by atoms with Crippen molar-refractivity contribution in [1.29, 1.82) is 0 Å².